The van der Waals surface area contributed by atoms with E-state index in [9.17, 15) is 14.7 Å². The Morgan fingerprint density at radius 1 is 1.33 bits per heavy atom. The van der Waals surface area contributed by atoms with Crippen molar-refractivity contribution in [3.05, 3.63) is 41.0 Å². The monoisotopic (exact) mass is 369 g/mol. The normalized spacial score (nSPS) is 18.6. The topological polar surface area (TPSA) is 84.7 Å². The van der Waals surface area contributed by atoms with Crippen LogP contribution in [0.25, 0.3) is 5.69 Å². The molecule has 1 fully saturated rings. The highest BCUT2D eigenvalue weighted by molar-refractivity contribution is 6.00. The molecule has 0 radical (unpaired) electrons. The molecule has 1 atom stereocenters. The number of aromatic carboxylic acids is 1. The lowest BCUT2D eigenvalue weighted by Crippen LogP contribution is -2.30. The lowest BCUT2D eigenvalue weighted by Gasteiger charge is -2.23. The fraction of sp³-hybridized carbons (Fsp3) is 0.450. The fourth-order valence-corrected chi connectivity index (χ4v) is 4.10. The van der Waals surface area contributed by atoms with E-state index in [1.165, 1.54) is 0 Å². The number of aromatic nitrogens is 2. The minimum atomic E-state index is -1.06. The average Bonchev–Trinajstić information content (AvgIpc) is 3.22. The number of benzene rings is 1. The zero-order chi connectivity index (χ0) is 19.5. The van der Waals surface area contributed by atoms with E-state index in [0.29, 0.717) is 35.1 Å². The van der Waals surface area contributed by atoms with Gasteiger partial charge in [0.05, 0.1) is 30.1 Å². The molecule has 0 unspecified atom stereocenters. The predicted molar refractivity (Wildman–Crippen MR) is 98.8 cm³/mol. The highest BCUT2D eigenvalue weighted by Gasteiger charge is 2.42. The maximum Gasteiger partial charge on any atom is 0.356 e. The standard InChI is InChI=1S/C20H23N3O4/c1-20(2,3)19-21-15(18(25)26)16-14-6-5-9-22(14)17(24)12-10-11(27-4)7-8-13(12)23(16)19/h7-8,10,14H,5-6,9H2,1-4H3,(H,25,26)/t14-/m0/s1. The first-order valence-electron chi connectivity index (χ1n) is 9.10. The molecule has 2 aromatic rings. The Morgan fingerprint density at radius 3 is 2.70 bits per heavy atom. The molecule has 4 rings (SSSR count). The largest absolute Gasteiger partial charge is 0.497 e. The fourth-order valence-electron chi connectivity index (χ4n) is 4.10. The third-order valence-corrected chi connectivity index (χ3v) is 5.29. The van der Waals surface area contributed by atoms with Gasteiger partial charge in [0, 0.05) is 12.0 Å². The summed E-state index contributed by atoms with van der Waals surface area (Å²) in [6, 6.07) is 5.06. The van der Waals surface area contributed by atoms with Crippen LogP contribution in [-0.4, -0.2) is 45.1 Å². The molecule has 1 aromatic carbocycles. The number of hydrogen-bond acceptors (Lipinski definition) is 4. The first kappa shape index (κ1) is 17.6. The van der Waals surface area contributed by atoms with Crippen LogP contribution in [0.4, 0.5) is 0 Å². The number of hydrogen-bond donors (Lipinski definition) is 1. The summed E-state index contributed by atoms with van der Waals surface area (Å²) in [5.74, 6) is 0.0804. The number of methoxy groups -OCH3 is 1. The predicted octanol–water partition coefficient (Wildman–Crippen LogP) is 3.17. The van der Waals surface area contributed by atoms with Crippen molar-refractivity contribution in [3.63, 3.8) is 0 Å². The van der Waals surface area contributed by atoms with Crippen LogP contribution in [0.15, 0.2) is 18.2 Å². The first-order chi connectivity index (χ1) is 12.7. The molecule has 1 amide bonds. The van der Waals surface area contributed by atoms with E-state index in [0.717, 1.165) is 12.8 Å². The van der Waals surface area contributed by atoms with Crippen molar-refractivity contribution in [1.29, 1.82) is 0 Å². The van der Waals surface area contributed by atoms with E-state index in [1.807, 2.05) is 31.4 Å². The van der Waals surface area contributed by atoms with Gasteiger partial charge in [-0.2, -0.15) is 0 Å². The molecule has 7 heteroatoms. The van der Waals surface area contributed by atoms with Gasteiger partial charge < -0.3 is 14.7 Å². The van der Waals surface area contributed by atoms with Crippen molar-refractivity contribution in [3.8, 4) is 11.4 Å². The Hall–Kier alpha value is -2.83. The van der Waals surface area contributed by atoms with E-state index in [1.54, 1.807) is 24.1 Å². The van der Waals surface area contributed by atoms with Crippen molar-refractivity contribution < 1.29 is 19.4 Å². The van der Waals surface area contributed by atoms with Gasteiger partial charge >= 0.3 is 5.97 Å². The second kappa shape index (κ2) is 5.84. The Bertz CT molecular complexity index is 955. The SMILES string of the molecule is COc1ccc2c(c1)C(=O)N1CCC[C@H]1c1c(C(=O)O)nc(C(C)(C)C)n1-2. The summed E-state index contributed by atoms with van der Waals surface area (Å²) >= 11 is 0. The lowest BCUT2D eigenvalue weighted by molar-refractivity contribution is 0.0673. The van der Waals surface area contributed by atoms with Gasteiger partial charge in [0.2, 0.25) is 0 Å². The summed E-state index contributed by atoms with van der Waals surface area (Å²) in [6.07, 6.45) is 1.57. The summed E-state index contributed by atoms with van der Waals surface area (Å²) in [6.45, 7) is 6.60. The van der Waals surface area contributed by atoms with Crippen LogP contribution in [0.3, 0.4) is 0 Å². The van der Waals surface area contributed by atoms with E-state index in [4.69, 9.17) is 4.74 Å². The molecule has 0 bridgehead atoms. The van der Waals surface area contributed by atoms with Crippen molar-refractivity contribution in [2.45, 2.75) is 45.1 Å². The first-order valence-corrected chi connectivity index (χ1v) is 9.10. The average molecular weight is 369 g/mol. The van der Waals surface area contributed by atoms with Gasteiger partial charge in [0.25, 0.3) is 5.91 Å². The van der Waals surface area contributed by atoms with Crippen LogP contribution in [-0.2, 0) is 5.41 Å². The van der Waals surface area contributed by atoms with Gasteiger partial charge in [-0.25, -0.2) is 9.78 Å². The Kier molecular flexibility index (Phi) is 3.80. The van der Waals surface area contributed by atoms with Crippen LogP contribution >= 0.6 is 0 Å². The van der Waals surface area contributed by atoms with Crippen LogP contribution in [0.2, 0.25) is 0 Å². The number of carbonyl (C=O) groups excluding carboxylic acids is 1. The van der Waals surface area contributed by atoms with Crippen molar-refractivity contribution >= 4 is 11.9 Å². The van der Waals surface area contributed by atoms with Gasteiger partial charge in [0.1, 0.15) is 11.6 Å². The van der Waals surface area contributed by atoms with Gasteiger partial charge in [-0.05, 0) is 31.0 Å². The van der Waals surface area contributed by atoms with Crippen LogP contribution < -0.4 is 4.74 Å². The van der Waals surface area contributed by atoms with E-state index in [-0.39, 0.29) is 17.6 Å². The van der Waals surface area contributed by atoms with Gasteiger partial charge in [-0.3, -0.25) is 9.36 Å². The minimum absolute atomic E-state index is 0.0355. The molecule has 1 aromatic heterocycles. The van der Waals surface area contributed by atoms with Gasteiger partial charge in [-0.15, -0.1) is 0 Å². The number of imidazole rings is 1. The number of ether oxygens (including phenoxy) is 1. The maximum absolute atomic E-state index is 13.3. The lowest BCUT2D eigenvalue weighted by atomic mass is 9.95. The number of rotatable bonds is 2. The highest BCUT2D eigenvalue weighted by Crippen LogP contribution is 2.43. The molecule has 0 saturated carbocycles. The van der Waals surface area contributed by atoms with E-state index < -0.39 is 11.4 Å². The molecule has 1 saturated heterocycles. The van der Waals surface area contributed by atoms with Crippen LogP contribution in [0.5, 0.6) is 5.75 Å². The molecular formula is C20H23N3O4. The quantitative estimate of drug-likeness (QED) is 0.879. The number of nitrogens with zero attached hydrogens (tertiary/aromatic N) is 3. The molecular weight excluding hydrogens is 346 g/mol. The smallest absolute Gasteiger partial charge is 0.356 e. The zero-order valence-corrected chi connectivity index (χ0v) is 15.9. The van der Waals surface area contributed by atoms with Crippen molar-refractivity contribution in [2.75, 3.05) is 13.7 Å². The summed E-state index contributed by atoms with van der Waals surface area (Å²) in [4.78, 5) is 31.6. The van der Waals surface area contributed by atoms with Crippen LogP contribution in [0, 0.1) is 0 Å². The van der Waals surface area contributed by atoms with Gasteiger partial charge in [-0.1, -0.05) is 20.8 Å². The molecule has 0 aliphatic carbocycles. The molecule has 1 N–H and O–H groups in total. The number of carbonyl (C=O) groups is 2. The van der Waals surface area contributed by atoms with Gasteiger partial charge in [0.15, 0.2) is 5.69 Å². The molecule has 0 spiro atoms. The summed E-state index contributed by atoms with van der Waals surface area (Å²) in [5.41, 5.74) is 1.42. The zero-order valence-electron chi connectivity index (χ0n) is 15.9. The summed E-state index contributed by atoms with van der Waals surface area (Å²) in [5, 5.41) is 9.83. The van der Waals surface area contributed by atoms with Crippen LogP contribution in [0.1, 0.15) is 72.0 Å². The van der Waals surface area contributed by atoms with Crippen molar-refractivity contribution in [2.24, 2.45) is 0 Å². The Morgan fingerprint density at radius 2 is 2.07 bits per heavy atom. The highest BCUT2D eigenvalue weighted by atomic mass is 16.5. The molecule has 7 nitrogen and oxygen atoms in total. The number of carboxylic acids is 1. The minimum Gasteiger partial charge on any atom is -0.497 e. The van der Waals surface area contributed by atoms with E-state index in [2.05, 4.69) is 4.98 Å². The molecule has 2 aliphatic heterocycles. The summed E-state index contributed by atoms with van der Waals surface area (Å²) < 4.78 is 7.21. The Labute approximate surface area is 157 Å². The number of fused-ring (bicyclic) bond motifs is 5. The molecule has 2 aliphatic rings. The van der Waals surface area contributed by atoms with Crippen molar-refractivity contribution in [1.82, 2.24) is 14.5 Å². The number of carboxylic acid groups (broad SMARTS) is 1. The molecule has 142 valence electrons. The molecule has 27 heavy (non-hydrogen) atoms. The third kappa shape index (κ3) is 2.52. The Balaban J connectivity index is 2.12. The summed E-state index contributed by atoms with van der Waals surface area (Å²) in [7, 11) is 1.56. The van der Waals surface area contributed by atoms with E-state index >= 15 is 0 Å². The maximum atomic E-state index is 13.3. The third-order valence-electron chi connectivity index (χ3n) is 5.29. The second-order valence-electron chi connectivity index (χ2n) is 8.10. The second-order valence-corrected chi connectivity index (χ2v) is 8.10. The number of amides is 1. The molecule has 3 heterocycles.